The molecule has 0 spiro atoms. The van der Waals surface area contributed by atoms with Crippen molar-refractivity contribution in [2.45, 2.75) is 226 Å². The van der Waals surface area contributed by atoms with Crippen LogP contribution in [-0.2, 0) is 14.3 Å². The fraction of sp³-hybridized carbons (Fsp3) is 0.974. The largest absolute Gasteiger partial charge is 0.393 e. The zero-order valence-electron chi connectivity index (χ0n) is 29.9. The number of rotatable bonds is 33. The Labute approximate surface area is 264 Å². The molecule has 0 aromatic heterocycles. The van der Waals surface area contributed by atoms with Gasteiger partial charge < -0.3 is 14.3 Å². The zero-order chi connectivity index (χ0) is 31.2. The number of unbranched alkanes of at least 4 members (excludes halogenated alkanes) is 18. The van der Waals surface area contributed by atoms with Gasteiger partial charge in [0.15, 0.2) is 0 Å². The molecule has 0 saturated heterocycles. The summed E-state index contributed by atoms with van der Waals surface area (Å²) in [6.07, 6.45) is 35.9. The average molecular weight is 596 g/mol. The highest BCUT2D eigenvalue weighted by Gasteiger charge is 2.24. The monoisotopic (exact) mass is 596 g/mol. The van der Waals surface area contributed by atoms with Crippen LogP contribution in [0, 0.1) is 0 Å². The zero-order valence-corrected chi connectivity index (χ0v) is 29.9. The summed E-state index contributed by atoms with van der Waals surface area (Å²) in [6.45, 7) is 14.0. The van der Waals surface area contributed by atoms with E-state index in [0.29, 0.717) is 0 Å². The topological polar surface area (TPSA) is 40.0 Å². The lowest BCUT2D eigenvalue weighted by Crippen LogP contribution is -2.32. The maximum atomic E-state index is 6.30. The Hall–Kier alpha value is -0.610. The van der Waals surface area contributed by atoms with Crippen LogP contribution in [0.5, 0.6) is 0 Å². The number of nitrogens with zero attached hydrogens (tertiary/aromatic N) is 1. The number of hydrogen-bond acceptors (Lipinski definition) is 4. The molecule has 1 atom stereocenters. The van der Waals surface area contributed by atoms with Crippen molar-refractivity contribution in [3.63, 3.8) is 0 Å². The van der Waals surface area contributed by atoms with E-state index in [1.807, 2.05) is 6.21 Å². The van der Waals surface area contributed by atoms with Gasteiger partial charge in [-0.15, -0.1) is 0 Å². The average Bonchev–Trinajstić information content (AvgIpc) is 2.98. The van der Waals surface area contributed by atoms with E-state index in [9.17, 15) is 0 Å². The van der Waals surface area contributed by atoms with E-state index in [1.54, 1.807) is 7.11 Å². The summed E-state index contributed by atoms with van der Waals surface area (Å²) < 4.78 is 11.8. The molecule has 0 saturated carbocycles. The smallest absolute Gasteiger partial charge is 0.127 e. The molecule has 252 valence electrons. The molecule has 0 aromatic rings. The number of methoxy groups -OCH3 is 1. The lowest BCUT2D eigenvalue weighted by molar-refractivity contribution is -0.0707. The van der Waals surface area contributed by atoms with Gasteiger partial charge in [-0.05, 0) is 72.1 Å². The van der Waals surface area contributed by atoms with Crippen LogP contribution in [-0.4, -0.2) is 37.2 Å². The Bertz CT molecular complexity index is 555. The van der Waals surface area contributed by atoms with Crippen molar-refractivity contribution >= 4 is 6.21 Å². The van der Waals surface area contributed by atoms with Crippen molar-refractivity contribution in [2.24, 2.45) is 5.16 Å². The first-order valence-corrected chi connectivity index (χ1v) is 18.7. The quantitative estimate of drug-likeness (QED) is 0.0430. The predicted molar refractivity (Wildman–Crippen MR) is 186 cm³/mol. The van der Waals surface area contributed by atoms with E-state index in [4.69, 9.17) is 14.3 Å². The van der Waals surface area contributed by atoms with Crippen LogP contribution in [0.1, 0.15) is 208 Å². The Morgan fingerprint density at radius 2 is 1.02 bits per heavy atom. The number of oxime groups is 1. The molecule has 0 bridgehead atoms. The minimum absolute atomic E-state index is 0.124. The molecular weight excluding hydrogens is 518 g/mol. The van der Waals surface area contributed by atoms with E-state index in [0.717, 1.165) is 45.1 Å². The van der Waals surface area contributed by atoms with Gasteiger partial charge in [-0.25, -0.2) is 0 Å². The van der Waals surface area contributed by atoms with Gasteiger partial charge in [-0.2, -0.15) is 0 Å². The molecule has 0 N–H and O–H groups in total. The van der Waals surface area contributed by atoms with Crippen LogP contribution >= 0.6 is 0 Å². The highest BCUT2D eigenvalue weighted by atomic mass is 16.6. The highest BCUT2D eigenvalue weighted by Crippen LogP contribution is 2.24. The Morgan fingerprint density at radius 3 is 1.43 bits per heavy atom. The molecule has 4 nitrogen and oxygen atoms in total. The summed E-state index contributed by atoms with van der Waals surface area (Å²) >= 11 is 0. The van der Waals surface area contributed by atoms with E-state index in [1.165, 1.54) is 128 Å². The lowest BCUT2D eigenvalue weighted by Gasteiger charge is -2.31. The SMILES string of the molecule is CCCCCCCCCCCCC(CCCCCCCCCCCC)ON=CCCC(C)(CC)OCCC(C)(C)OC. The summed E-state index contributed by atoms with van der Waals surface area (Å²) in [5.74, 6) is 0. The van der Waals surface area contributed by atoms with Crippen LogP contribution in [0.2, 0.25) is 0 Å². The van der Waals surface area contributed by atoms with E-state index < -0.39 is 0 Å². The molecule has 0 aliphatic rings. The Balaban J connectivity index is 4.38. The van der Waals surface area contributed by atoms with Crippen molar-refractivity contribution < 1.29 is 14.3 Å². The van der Waals surface area contributed by atoms with E-state index in [-0.39, 0.29) is 17.3 Å². The first-order chi connectivity index (χ1) is 20.3. The van der Waals surface area contributed by atoms with Gasteiger partial charge in [-0.1, -0.05) is 142 Å². The van der Waals surface area contributed by atoms with Crippen molar-refractivity contribution in [2.75, 3.05) is 13.7 Å². The second kappa shape index (κ2) is 29.1. The minimum atomic E-state index is -0.137. The van der Waals surface area contributed by atoms with Crippen LogP contribution in [0.4, 0.5) is 0 Å². The maximum Gasteiger partial charge on any atom is 0.127 e. The third kappa shape index (κ3) is 27.0. The third-order valence-electron chi connectivity index (χ3n) is 9.30. The molecule has 0 radical (unpaired) electrons. The molecule has 0 heterocycles. The summed E-state index contributed by atoms with van der Waals surface area (Å²) in [6, 6.07) is 0. The second-order valence-corrected chi connectivity index (χ2v) is 13.9. The molecule has 0 aromatic carbocycles. The fourth-order valence-corrected chi connectivity index (χ4v) is 5.52. The van der Waals surface area contributed by atoms with Crippen LogP contribution in [0.15, 0.2) is 5.16 Å². The molecule has 42 heavy (non-hydrogen) atoms. The minimum Gasteiger partial charge on any atom is -0.393 e. The van der Waals surface area contributed by atoms with Crippen molar-refractivity contribution in [3.05, 3.63) is 0 Å². The van der Waals surface area contributed by atoms with Gasteiger partial charge in [0.25, 0.3) is 0 Å². The van der Waals surface area contributed by atoms with Gasteiger partial charge in [0, 0.05) is 13.3 Å². The van der Waals surface area contributed by atoms with E-state index >= 15 is 0 Å². The van der Waals surface area contributed by atoms with Crippen LogP contribution in [0.25, 0.3) is 0 Å². The molecule has 0 aliphatic carbocycles. The predicted octanol–water partition coefficient (Wildman–Crippen LogP) is 12.8. The summed E-state index contributed by atoms with van der Waals surface area (Å²) in [4.78, 5) is 6.11. The van der Waals surface area contributed by atoms with Gasteiger partial charge in [0.1, 0.15) is 6.10 Å². The fourth-order valence-electron chi connectivity index (χ4n) is 5.52. The number of ether oxygens (including phenoxy) is 2. The van der Waals surface area contributed by atoms with Gasteiger partial charge >= 0.3 is 0 Å². The third-order valence-corrected chi connectivity index (χ3v) is 9.30. The molecule has 4 heteroatoms. The van der Waals surface area contributed by atoms with Crippen LogP contribution in [0.3, 0.4) is 0 Å². The van der Waals surface area contributed by atoms with Gasteiger partial charge in [-0.3, -0.25) is 0 Å². The molecule has 0 fully saturated rings. The molecular formula is C38H77NO3. The summed E-state index contributed by atoms with van der Waals surface area (Å²) in [7, 11) is 1.77. The first-order valence-electron chi connectivity index (χ1n) is 18.7. The Kier molecular flexibility index (Phi) is 28.7. The maximum absolute atomic E-state index is 6.30. The van der Waals surface area contributed by atoms with Crippen molar-refractivity contribution in [3.8, 4) is 0 Å². The summed E-state index contributed by atoms with van der Waals surface area (Å²) in [5.41, 5.74) is -0.261. The number of hydrogen-bond donors (Lipinski definition) is 0. The second-order valence-electron chi connectivity index (χ2n) is 13.9. The molecule has 0 aliphatic heterocycles. The molecule has 0 amide bonds. The normalized spacial score (nSPS) is 13.8. The summed E-state index contributed by atoms with van der Waals surface area (Å²) in [5, 5.41) is 4.47. The lowest BCUT2D eigenvalue weighted by atomic mass is 9.96. The Morgan fingerprint density at radius 1 is 0.595 bits per heavy atom. The van der Waals surface area contributed by atoms with Crippen molar-refractivity contribution in [1.82, 2.24) is 0 Å². The molecule has 1 unspecified atom stereocenters. The van der Waals surface area contributed by atoms with Crippen LogP contribution < -0.4 is 0 Å². The van der Waals surface area contributed by atoms with Crippen molar-refractivity contribution in [1.29, 1.82) is 0 Å². The molecule has 0 rings (SSSR count). The highest BCUT2D eigenvalue weighted by molar-refractivity contribution is 5.56. The van der Waals surface area contributed by atoms with E-state index in [2.05, 4.69) is 46.7 Å². The van der Waals surface area contributed by atoms with Gasteiger partial charge in [0.05, 0.1) is 17.8 Å². The van der Waals surface area contributed by atoms with Gasteiger partial charge in [0.2, 0.25) is 0 Å². The standard InChI is InChI=1S/C38H77NO3/c1-8-11-13-15-17-19-21-23-25-27-30-36(31-28-26-24-22-20-18-16-14-12-9-2)42-39-34-29-32-38(6,10-3)41-35-33-37(4,5)40-7/h34,36H,8-33,35H2,1-7H3. The first kappa shape index (κ1) is 41.4.